The summed E-state index contributed by atoms with van der Waals surface area (Å²) < 4.78 is 43.0. The molecule has 5 aliphatic heterocycles. The maximum absolute atomic E-state index is 14.9. The SMILES string of the molecule is CC1=NCC(c2ccc(-c3nnc(N(C)C4CC(C)(C)NC(C)(C)C4)s3)c(F)c2)=C1.CN(c1nnc(-c2ccc(-c3ccc(N)nc3)cc2F)s1)C1CC(C)(C)NC(C)(C)C1.COc1ccc(-c2ccc(-c3nnc(N(C)C4CC(C)(C)NC(C)(C)C4)s3)c(Cl)c2)cn1.Cn1cc(-c2ccc(-c3nnc(OC4CC(C)(C)NC(C)(C)C4)s3)c(Cl)c2)cn1. The first-order valence-electron chi connectivity index (χ1n) is 41.2. The molecule has 5 aliphatic rings. The van der Waals surface area contributed by atoms with Crippen LogP contribution in [0, 0.1) is 11.6 Å². The van der Waals surface area contributed by atoms with Crippen LogP contribution in [-0.4, -0.2) is 170 Å². The maximum Gasteiger partial charge on any atom is 0.294 e. The summed E-state index contributed by atoms with van der Waals surface area (Å²) >= 11 is 19.1. The summed E-state index contributed by atoms with van der Waals surface area (Å²) in [6.07, 6.45) is 17.3. The van der Waals surface area contributed by atoms with E-state index in [4.69, 9.17) is 38.4 Å². The number of hydrogen-bond donors (Lipinski definition) is 5. The third kappa shape index (κ3) is 22.8. The van der Waals surface area contributed by atoms with Gasteiger partial charge in [-0.3, -0.25) is 9.67 Å². The number of aliphatic imine (C=N–C) groups is 1. The molecule has 16 rings (SSSR count). The molecule has 4 aromatic carbocycles. The molecule has 0 amide bonds. The molecule has 122 heavy (non-hydrogen) atoms. The number of hydrogen-bond acceptors (Lipinski definition) is 26. The number of aromatic nitrogens is 12. The second-order valence-electron chi connectivity index (χ2n) is 38.1. The molecule has 11 aromatic rings. The van der Waals surface area contributed by atoms with Gasteiger partial charge in [0.15, 0.2) is 20.0 Å². The first kappa shape index (κ1) is 90.8. The number of allylic oxidation sites excluding steroid dienone is 1. The lowest BCUT2D eigenvalue weighted by Gasteiger charge is -2.48. The Morgan fingerprint density at radius 1 is 0.443 bits per heavy atom. The van der Waals surface area contributed by atoms with Crippen LogP contribution in [0.25, 0.3) is 81.2 Å². The van der Waals surface area contributed by atoms with Gasteiger partial charge >= 0.3 is 0 Å². The molecule has 4 saturated heterocycles. The van der Waals surface area contributed by atoms with Crippen LogP contribution in [0.1, 0.15) is 175 Å². The zero-order valence-electron chi connectivity index (χ0n) is 74.0. The minimum Gasteiger partial charge on any atom is -0.481 e. The Morgan fingerprint density at radius 3 is 1.19 bits per heavy atom. The maximum atomic E-state index is 14.9. The molecule has 648 valence electrons. The summed E-state index contributed by atoms with van der Waals surface area (Å²) in [5.41, 5.74) is 17.2. The highest BCUT2D eigenvalue weighted by Gasteiger charge is 2.44. The first-order chi connectivity index (χ1) is 57.2. The minimum atomic E-state index is -0.330. The monoisotopic (exact) mass is 1770 g/mol. The minimum absolute atomic E-state index is 0.0192. The topological polar surface area (TPSA) is 261 Å². The van der Waals surface area contributed by atoms with Gasteiger partial charge in [0.2, 0.25) is 21.3 Å². The van der Waals surface area contributed by atoms with Gasteiger partial charge in [0.1, 0.15) is 23.6 Å². The van der Waals surface area contributed by atoms with E-state index >= 15 is 0 Å². The van der Waals surface area contributed by atoms with E-state index in [1.54, 1.807) is 59.8 Å². The van der Waals surface area contributed by atoms with Crippen molar-refractivity contribution in [3.8, 4) is 86.7 Å². The van der Waals surface area contributed by atoms with Crippen molar-refractivity contribution >= 4 is 101 Å². The Hall–Kier alpha value is -8.88. The molecule has 12 heterocycles. The van der Waals surface area contributed by atoms with Crippen molar-refractivity contribution in [3.63, 3.8) is 0 Å². The van der Waals surface area contributed by atoms with Crippen LogP contribution in [0.5, 0.6) is 11.1 Å². The predicted octanol–water partition coefficient (Wildman–Crippen LogP) is 20.3. The van der Waals surface area contributed by atoms with Crippen molar-refractivity contribution in [1.82, 2.24) is 81.8 Å². The number of pyridine rings is 2. The van der Waals surface area contributed by atoms with Crippen LogP contribution in [0.3, 0.4) is 0 Å². The number of piperidine rings is 4. The fourth-order valence-corrected chi connectivity index (χ4v) is 22.5. The molecule has 6 N–H and O–H groups in total. The number of halogens is 4. The Labute approximate surface area is 742 Å². The molecule has 0 unspecified atom stereocenters. The van der Waals surface area contributed by atoms with Crippen molar-refractivity contribution in [1.29, 1.82) is 0 Å². The zero-order valence-corrected chi connectivity index (χ0v) is 78.8. The smallest absolute Gasteiger partial charge is 0.294 e. The highest BCUT2D eigenvalue weighted by Crippen LogP contribution is 2.44. The third-order valence-corrected chi connectivity index (χ3v) is 27.2. The quantitative estimate of drug-likeness (QED) is 0.0567. The Morgan fingerprint density at radius 2 is 0.811 bits per heavy atom. The van der Waals surface area contributed by atoms with E-state index in [1.165, 1.54) is 40.1 Å². The van der Waals surface area contributed by atoms with Crippen molar-refractivity contribution in [2.75, 3.05) is 55.2 Å². The summed E-state index contributed by atoms with van der Waals surface area (Å²) in [5, 5.41) is 61.2. The standard InChI is InChI=1S/C24H30ClN5OS.C23H29FN6S.C23H30FN5S.C21H26ClN5OS/c1-23(2)12-17(13-24(3,4)29-23)30(5)22-28-27-21(32-22)18-9-7-15(11-19(18)25)16-8-10-20(31-6)26-14-16;1-22(2)11-16(12-23(3,4)29-22)30(5)21-28-27-20(31-21)17-8-6-14(10-18(17)24)15-7-9-19(25)26-13-15;1-14-9-16(13-25-14)15-7-8-18(19(24)10-15)20-26-27-21(30-20)29(6)17-11-22(2,3)28-23(4,5)12-17;1-20(2)9-15(10-21(3,4)26-20)28-19-25-24-18(29-19)16-7-6-13(8-17(16)22)14-11-23-27(5)12-14/h7-11,14,17,29H,12-13H2,1-6H3;6-10,13,16,29H,11-12H2,1-5H3,(H2,25,26);7-10,17,28H,11-13H2,1-6H3;6-8,11-12,15,26H,9-10H2,1-5H3. The second kappa shape index (κ2) is 36.0. The van der Waals surface area contributed by atoms with Crippen LogP contribution < -0.4 is 51.2 Å². The number of rotatable bonds is 17. The van der Waals surface area contributed by atoms with E-state index in [-0.39, 0.29) is 62.0 Å². The van der Waals surface area contributed by atoms with Gasteiger partial charge in [-0.2, -0.15) is 5.10 Å². The molecule has 23 nitrogen and oxygen atoms in total. The van der Waals surface area contributed by atoms with Gasteiger partial charge in [0.25, 0.3) is 5.19 Å². The summed E-state index contributed by atoms with van der Waals surface area (Å²) in [4.78, 5) is 19.4. The van der Waals surface area contributed by atoms with E-state index in [1.807, 2.05) is 99.2 Å². The number of nitrogens with two attached hydrogens (primary N) is 1. The van der Waals surface area contributed by atoms with E-state index in [2.05, 4.69) is 229 Å². The van der Waals surface area contributed by atoms with E-state index in [0.29, 0.717) is 72.7 Å². The van der Waals surface area contributed by atoms with Crippen molar-refractivity contribution < 1.29 is 18.3 Å². The summed E-state index contributed by atoms with van der Waals surface area (Å²) in [5.74, 6) is 0.422. The average molecular weight is 1770 g/mol. The molecular formula is C91H115Cl2F2N21O2S4. The number of benzene rings is 4. The van der Waals surface area contributed by atoms with E-state index < -0.39 is 0 Å². The number of methoxy groups -OCH3 is 1. The number of anilines is 4. The average Bonchev–Trinajstić information content (AvgIpc) is 1.69. The summed E-state index contributed by atoms with van der Waals surface area (Å²) in [6.45, 7) is 38.3. The molecule has 0 atom stereocenters. The van der Waals surface area contributed by atoms with Crippen molar-refractivity contribution in [2.45, 2.75) is 238 Å². The molecule has 0 radical (unpaired) electrons. The lowest BCUT2D eigenvalue weighted by Crippen LogP contribution is -2.61. The molecule has 0 bridgehead atoms. The number of ether oxygens (including phenoxy) is 2. The van der Waals surface area contributed by atoms with Gasteiger partial charge in [-0.25, -0.2) is 18.7 Å². The molecule has 4 fully saturated rings. The van der Waals surface area contributed by atoms with Gasteiger partial charge in [-0.05, 0) is 257 Å². The fourth-order valence-electron chi connectivity index (χ4n) is 18.4. The number of aryl methyl sites for hydroxylation is 1. The number of nitrogens with one attached hydrogen (secondary N) is 4. The van der Waals surface area contributed by atoms with Crippen molar-refractivity contribution in [3.05, 3.63) is 155 Å². The van der Waals surface area contributed by atoms with Crippen LogP contribution in [0.15, 0.2) is 133 Å². The van der Waals surface area contributed by atoms with Gasteiger partial charge in [0, 0.05) is 173 Å². The van der Waals surface area contributed by atoms with Gasteiger partial charge in [-0.15, -0.1) is 35.7 Å². The molecular weight excluding hydrogens is 1660 g/mol. The summed E-state index contributed by atoms with van der Waals surface area (Å²) in [6, 6.07) is 30.8. The first-order valence-corrected chi connectivity index (χ1v) is 45.2. The molecule has 0 spiro atoms. The number of nitrogen functional groups attached to an aromatic ring is 1. The largest absolute Gasteiger partial charge is 0.481 e. The van der Waals surface area contributed by atoms with Gasteiger partial charge in [-0.1, -0.05) is 97.9 Å². The van der Waals surface area contributed by atoms with Crippen LogP contribution in [0.4, 0.5) is 30.0 Å². The van der Waals surface area contributed by atoms with Crippen molar-refractivity contribution in [2.24, 2.45) is 12.0 Å². The van der Waals surface area contributed by atoms with E-state index in [0.717, 1.165) is 138 Å². The normalized spacial score (nSPS) is 18.8. The third-order valence-electron chi connectivity index (χ3n) is 22.6. The Bertz CT molecular complexity index is 5510. The van der Waals surface area contributed by atoms with Gasteiger partial charge < -0.3 is 51.2 Å². The lowest BCUT2D eigenvalue weighted by atomic mass is 9.79. The Kier molecular flexibility index (Phi) is 26.8. The number of nitrogens with zero attached hydrogens (tertiary/aromatic N) is 16. The van der Waals surface area contributed by atoms with E-state index in [9.17, 15) is 8.78 Å². The highest BCUT2D eigenvalue weighted by atomic mass is 35.5. The van der Waals surface area contributed by atoms with Crippen LogP contribution >= 0.6 is 68.5 Å². The molecule has 0 aliphatic carbocycles. The molecule has 0 saturated carbocycles. The second-order valence-corrected chi connectivity index (χ2v) is 42.8. The zero-order chi connectivity index (χ0) is 88.0. The highest BCUT2D eigenvalue weighted by molar-refractivity contribution is 7.19. The fraction of sp³-hybridized carbons (Fsp3) is 0.473. The lowest BCUT2D eigenvalue weighted by molar-refractivity contribution is 0.0553. The van der Waals surface area contributed by atoms with Gasteiger partial charge in [0.05, 0.1) is 29.9 Å². The van der Waals surface area contributed by atoms with Crippen LogP contribution in [0.2, 0.25) is 10.0 Å². The predicted molar refractivity (Wildman–Crippen MR) is 500 cm³/mol. The molecule has 7 aromatic heterocycles. The molecule has 31 heteroatoms. The van der Waals surface area contributed by atoms with Crippen LogP contribution in [-0.2, 0) is 7.05 Å². The summed E-state index contributed by atoms with van der Waals surface area (Å²) in [7, 11) is 9.75. The Balaban J connectivity index is 0.000000140.